The van der Waals surface area contributed by atoms with Crippen molar-refractivity contribution >= 4 is 70.5 Å². The van der Waals surface area contributed by atoms with Crippen molar-refractivity contribution in [3.05, 3.63) is 117 Å². The van der Waals surface area contributed by atoms with Crippen molar-refractivity contribution in [3.8, 4) is 57.1 Å². The summed E-state index contributed by atoms with van der Waals surface area (Å²) in [6, 6.07) is -0.679. The van der Waals surface area contributed by atoms with Crippen LogP contribution < -0.4 is 62.9 Å². The van der Waals surface area contributed by atoms with Crippen molar-refractivity contribution in [1.82, 2.24) is 37.2 Å². The number of aliphatic carboxylic acids is 1. The molecule has 35 heteroatoms. The maximum atomic E-state index is 16.0. The first-order valence-electron chi connectivity index (χ1n) is 31.6. The van der Waals surface area contributed by atoms with E-state index in [9.17, 15) is 75.0 Å². The van der Waals surface area contributed by atoms with Gasteiger partial charge < -0.3 is 128 Å². The molecule has 0 saturated carbocycles. The van der Waals surface area contributed by atoms with Crippen molar-refractivity contribution in [2.45, 2.75) is 156 Å². The molecular weight excluding hydrogens is 1370 g/mol. The highest BCUT2D eigenvalue weighted by atomic mass is 35.5. The molecule has 542 valence electrons. The lowest BCUT2D eigenvalue weighted by Crippen LogP contribution is -2.64. The quantitative estimate of drug-likeness (QED) is 0.0743. The molecule has 33 nitrogen and oxygen atoms in total. The van der Waals surface area contributed by atoms with Crippen LogP contribution in [0.1, 0.15) is 105 Å². The summed E-state index contributed by atoms with van der Waals surface area (Å²) in [4.78, 5) is 117. The molecule has 11 bridgehead atoms. The average molecular weight is 1450 g/mol. The number of aliphatic hydroxyl groups is 6. The van der Waals surface area contributed by atoms with Crippen LogP contribution in [0.5, 0.6) is 46.0 Å². The van der Waals surface area contributed by atoms with Gasteiger partial charge in [0.05, 0.1) is 41.3 Å². The van der Waals surface area contributed by atoms with Gasteiger partial charge in [-0.25, -0.2) is 4.79 Å². The fourth-order valence-corrected chi connectivity index (χ4v) is 12.9. The fraction of sp³-hybridized carbons (Fsp3) is 0.424. The van der Waals surface area contributed by atoms with Crippen LogP contribution in [0.25, 0.3) is 11.1 Å². The lowest BCUT2D eigenvalue weighted by atomic mass is 9.86. The van der Waals surface area contributed by atoms with Gasteiger partial charge >= 0.3 is 5.97 Å². The number of carbonyl (C=O) groups is 8. The van der Waals surface area contributed by atoms with Crippen LogP contribution >= 0.6 is 23.2 Å². The predicted octanol–water partition coefficient (Wildman–Crippen LogP) is 0.106. The minimum atomic E-state index is -2.35. The second-order valence-electron chi connectivity index (χ2n) is 25.7. The summed E-state index contributed by atoms with van der Waals surface area (Å²) >= 11 is 14.1. The number of carboxylic acid groups (broad SMARTS) is 1. The lowest BCUT2D eigenvalue weighted by molar-refractivity contribution is -0.333. The molecule has 0 aliphatic carbocycles. The highest BCUT2D eigenvalue weighted by molar-refractivity contribution is 6.32. The number of phenolic OH excluding ortho intramolecular Hbond substituents is 3. The molecule has 5 aromatic carbocycles. The molecule has 0 aromatic heterocycles. The van der Waals surface area contributed by atoms with E-state index in [1.54, 1.807) is 0 Å². The van der Waals surface area contributed by atoms with Crippen LogP contribution in [0.4, 0.5) is 0 Å². The zero-order chi connectivity index (χ0) is 73.5. The van der Waals surface area contributed by atoms with Crippen LogP contribution in [0.3, 0.4) is 0 Å². The third-order valence-corrected chi connectivity index (χ3v) is 18.4. The SMILES string of the molecule is CN[C@@H](CC(C)C)C(=O)N[C@H]1C(=O)NC(CC(N)=O)C(=O)N[C@H]2C(=O)N[C@H]3C(=O)N[C@H](C(=O)NC(C(=O)O)c4cc(O)cc(O)c4-c4cc3ccc4O)[C@H](O)c3ccc(c(Cl)c3)Oc3cc2cc(c3O[C@@H]2O[C@H](CO)[C@@H](O)[C@H](O)[C@H]2O[C@H]2C[C@](C)(N)[C@H](O)[C@H](C)O2)Oc2ccc(cc2Cl)[C@H]1O. The van der Waals surface area contributed by atoms with Crippen molar-refractivity contribution in [2.24, 2.45) is 17.4 Å². The van der Waals surface area contributed by atoms with Crippen molar-refractivity contribution in [2.75, 3.05) is 13.7 Å². The summed E-state index contributed by atoms with van der Waals surface area (Å²) in [5.41, 5.74) is 8.00. The number of nitrogens with one attached hydrogen (secondary N) is 7. The highest BCUT2D eigenvalue weighted by Crippen LogP contribution is 2.50. The molecule has 0 radical (unpaired) electrons. The Morgan fingerprint density at radius 2 is 1.32 bits per heavy atom. The van der Waals surface area contributed by atoms with Gasteiger partial charge in [0.2, 0.25) is 53.4 Å². The molecule has 12 rings (SSSR count). The number of likely N-dealkylation sites (N-methyl/N-ethyl adjacent to an activating group) is 1. The Balaban J connectivity index is 1.24. The number of aliphatic hydroxyl groups excluding tert-OH is 6. The summed E-state index contributed by atoms with van der Waals surface area (Å²) in [6.07, 6.45) is -18.6. The predicted molar refractivity (Wildman–Crippen MR) is 349 cm³/mol. The van der Waals surface area contributed by atoms with Crippen molar-refractivity contribution in [1.29, 1.82) is 0 Å². The molecule has 2 fully saturated rings. The Hall–Kier alpha value is -9.20. The number of halogens is 2. The van der Waals surface area contributed by atoms with Crippen LogP contribution in [-0.2, 0) is 52.6 Å². The number of hydrogen-bond acceptors (Lipinski definition) is 25. The van der Waals surface area contributed by atoms with E-state index in [2.05, 4.69) is 37.2 Å². The van der Waals surface area contributed by atoms with Crippen LogP contribution in [0, 0.1) is 5.92 Å². The molecule has 101 heavy (non-hydrogen) atoms. The molecule has 7 aliphatic rings. The molecule has 2 saturated heterocycles. The van der Waals surface area contributed by atoms with Crippen LogP contribution in [-0.4, -0.2) is 191 Å². The van der Waals surface area contributed by atoms with E-state index in [0.717, 1.165) is 66.7 Å². The molecule has 5 aromatic rings. The molecule has 7 aliphatic heterocycles. The van der Waals surface area contributed by atoms with Gasteiger partial charge in [-0.3, -0.25) is 33.6 Å². The Morgan fingerprint density at radius 1 is 0.713 bits per heavy atom. The number of amides is 7. The van der Waals surface area contributed by atoms with E-state index in [0.29, 0.717) is 0 Å². The number of hydrogen-bond donors (Lipinski definition) is 19. The largest absolute Gasteiger partial charge is 0.508 e. The molecule has 7 heterocycles. The van der Waals surface area contributed by atoms with Gasteiger partial charge in [-0.1, -0.05) is 55.2 Å². The highest BCUT2D eigenvalue weighted by Gasteiger charge is 2.51. The van der Waals surface area contributed by atoms with E-state index in [-0.39, 0.29) is 46.2 Å². The van der Waals surface area contributed by atoms with E-state index >= 15 is 14.4 Å². The number of aromatic hydroxyl groups is 3. The number of benzene rings is 5. The zero-order valence-corrected chi connectivity index (χ0v) is 55.8. The molecule has 7 amide bonds. The zero-order valence-electron chi connectivity index (χ0n) is 54.3. The standard InChI is InChI=1S/C66H75Cl2N9O24/c1-23(2)12-34(71-5)58(88)76-49-51(83)26-7-10-38(32(67)14-26)97-40-16-28-17-41(55(40)101-65-56(54(86)53(85)42(22-78)99-65)100-44-21-66(4,70)57(87)24(3)96-44)98-39-11-8-27(15-33(39)68)52(84)50-63(93)75-48(64(94)95)31-18-29(79)19-37(81)45(31)30-13-25(6-9-36(30)80)46(60(90)77-50)74-61(91)47(28)73-59(89)35(20-43(69)82)72-62(49)92/h6-11,13-19,23-24,34-35,42,44,46-54,56-57,65,71,78-81,83-87H,12,20-22,70H2,1-5H3,(H2,69,82)(H,72,92)(H,73,89)(H,74,91)(H,75,93)(H,76,88)(H,77,90)(H,94,95)/t24-,34-,35?,42+,44-,46+,47+,48?,49+,50-,51+,52+,53+,54-,56+,57+,65-,66-/m0/s1. The molecule has 2 unspecified atom stereocenters. The molecule has 21 N–H and O–H groups in total. The normalized spacial score (nSPS) is 29.4. The third-order valence-electron chi connectivity index (χ3n) is 17.8. The van der Waals surface area contributed by atoms with E-state index < -0.39 is 237 Å². The minimum Gasteiger partial charge on any atom is -0.508 e. The Bertz CT molecular complexity index is 4070. The second kappa shape index (κ2) is 30.2. The second-order valence-corrected chi connectivity index (χ2v) is 26.5. The molecule has 18 atom stereocenters. The van der Waals surface area contributed by atoms with Gasteiger partial charge in [-0.2, -0.15) is 0 Å². The number of rotatable bonds is 13. The average Bonchev–Trinajstić information content (AvgIpc) is 0.775. The summed E-state index contributed by atoms with van der Waals surface area (Å²) < 4.78 is 38.3. The van der Waals surface area contributed by atoms with E-state index in [4.69, 9.17) is 63.1 Å². The van der Waals surface area contributed by atoms with Crippen molar-refractivity contribution in [3.63, 3.8) is 0 Å². The Kier molecular flexibility index (Phi) is 22.2. The number of nitrogens with two attached hydrogens (primary N) is 2. The summed E-state index contributed by atoms with van der Waals surface area (Å²) in [7, 11) is 1.47. The fourth-order valence-electron chi connectivity index (χ4n) is 12.5. The van der Waals surface area contributed by atoms with Gasteiger partial charge in [-0.15, -0.1) is 0 Å². The number of fused-ring (bicyclic) bond motifs is 15. The van der Waals surface area contributed by atoms with Crippen LogP contribution in [0.2, 0.25) is 10.0 Å². The van der Waals surface area contributed by atoms with Gasteiger partial charge in [0.25, 0.3) is 0 Å². The minimum absolute atomic E-state index is 0.0975. The Morgan fingerprint density at radius 3 is 1.90 bits per heavy atom. The van der Waals surface area contributed by atoms with Gasteiger partial charge in [-0.05, 0) is 110 Å². The first-order chi connectivity index (χ1) is 47.7. The first kappa shape index (κ1) is 74.5. The van der Waals surface area contributed by atoms with E-state index in [1.807, 2.05) is 13.8 Å². The lowest BCUT2D eigenvalue weighted by Gasteiger charge is -2.47. The number of carboxylic acids is 1. The summed E-state index contributed by atoms with van der Waals surface area (Å²) in [5, 5.41) is 131. The van der Waals surface area contributed by atoms with Gasteiger partial charge in [0.15, 0.2) is 29.9 Å². The summed E-state index contributed by atoms with van der Waals surface area (Å²) in [6.45, 7) is 5.66. The third kappa shape index (κ3) is 15.8. The smallest absolute Gasteiger partial charge is 0.330 e. The van der Waals surface area contributed by atoms with Gasteiger partial charge in [0, 0.05) is 34.7 Å². The molecular formula is C66H75Cl2N9O24. The topological polar surface area (TPSA) is 530 Å². The number of ether oxygens (including phenoxy) is 6. The summed E-state index contributed by atoms with van der Waals surface area (Å²) in [5.74, 6) is -16.0. The number of primary amides is 1. The number of phenols is 3. The van der Waals surface area contributed by atoms with Crippen LogP contribution in [0.15, 0.2) is 78.9 Å². The first-order valence-corrected chi connectivity index (χ1v) is 32.4. The Labute approximate surface area is 584 Å². The van der Waals surface area contributed by atoms with Gasteiger partial charge in [0.1, 0.15) is 89.5 Å². The maximum Gasteiger partial charge on any atom is 0.330 e. The van der Waals surface area contributed by atoms with Crippen molar-refractivity contribution < 1.29 is 118 Å². The number of carbonyl (C=O) groups excluding carboxylic acids is 7. The molecule has 0 spiro atoms. The monoisotopic (exact) mass is 1450 g/mol. The van der Waals surface area contributed by atoms with E-state index in [1.165, 1.54) is 33.0 Å². The maximum absolute atomic E-state index is 16.0.